The van der Waals surface area contributed by atoms with Crippen molar-refractivity contribution < 1.29 is 14.3 Å². The number of carbonyl (C=O) groups is 1. The zero-order valence-electron chi connectivity index (χ0n) is 16.9. The normalized spacial score (nSPS) is 12.1. The van der Waals surface area contributed by atoms with Crippen molar-refractivity contribution in [3.63, 3.8) is 0 Å². The zero-order valence-corrected chi connectivity index (χ0v) is 17.8. The lowest BCUT2D eigenvalue weighted by molar-refractivity contribution is -0.110. The van der Waals surface area contributed by atoms with Crippen molar-refractivity contribution >= 4 is 35.1 Å². The second-order valence-corrected chi connectivity index (χ2v) is 7.62. The number of hydrogen-bond donors (Lipinski definition) is 2. The van der Waals surface area contributed by atoms with Crippen molar-refractivity contribution in [1.82, 2.24) is 4.98 Å². The topological polar surface area (TPSA) is 80.4 Å². The number of rotatable bonds is 8. The minimum absolute atomic E-state index is 0.236. The van der Waals surface area contributed by atoms with E-state index in [0.717, 1.165) is 24.2 Å². The fraction of sp³-hybridized carbons (Fsp3) is 0.217. The van der Waals surface area contributed by atoms with Crippen LogP contribution in [0, 0.1) is 0 Å². The van der Waals surface area contributed by atoms with E-state index in [1.165, 1.54) is 24.5 Å². The number of H-pyrrole nitrogens is 1. The molecule has 0 aliphatic carbocycles. The average molecular weight is 425 g/mol. The SMILES string of the molecule is CCCCOc1ccc(C=c2sc(=CC(=O)Nc3ccccc3OC)[nH]c2=O)cc1. The maximum Gasteiger partial charge on any atom is 0.266 e. The Labute approximate surface area is 178 Å². The van der Waals surface area contributed by atoms with Gasteiger partial charge < -0.3 is 19.8 Å². The van der Waals surface area contributed by atoms with Crippen LogP contribution in [0.4, 0.5) is 5.69 Å². The summed E-state index contributed by atoms with van der Waals surface area (Å²) in [6, 6.07) is 14.7. The molecule has 2 aromatic carbocycles. The molecule has 3 aromatic rings. The Kier molecular flexibility index (Phi) is 7.45. The van der Waals surface area contributed by atoms with Crippen molar-refractivity contribution in [2.75, 3.05) is 19.0 Å². The van der Waals surface area contributed by atoms with E-state index in [0.29, 0.717) is 27.2 Å². The van der Waals surface area contributed by atoms with Crippen LogP contribution in [0.25, 0.3) is 12.2 Å². The Morgan fingerprint density at radius 3 is 2.67 bits per heavy atom. The molecule has 1 heterocycles. The summed E-state index contributed by atoms with van der Waals surface area (Å²) >= 11 is 1.22. The molecule has 0 spiro atoms. The molecule has 1 amide bonds. The average Bonchev–Trinajstić information content (AvgIpc) is 3.08. The van der Waals surface area contributed by atoms with E-state index >= 15 is 0 Å². The summed E-state index contributed by atoms with van der Waals surface area (Å²) in [4.78, 5) is 27.3. The summed E-state index contributed by atoms with van der Waals surface area (Å²) in [5.74, 6) is 1.02. The molecule has 0 unspecified atom stereocenters. The highest BCUT2D eigenvalue weighted by molar-refractivity contribution is 7.07. The van der Waals surface area contributed by atoms with Gasteiger partial charge in [-0.2, -0.15) is 0 Å². The fourth-order valence-electron chi connectivity index (χ4n) is 2.71. The third-order valence-corrected chi connectivity index (χ3v) is 5.21. The van der Waals surface area contributed by atoms with Gasteiger partial charge in [0.2, 0.25) is 0 Å². The number of ether oxygens (including phenoxy) is 2. The van der Waals surface area contributed by atoms with Crippen LogP contribution in [0.2, 0.25) is 0 Å². The summed E-state index contributed by atoms with van der Waals surface area (Å²) in [6.07, 6.45) is 5.25. The molecule has 0 aliphatic rings. The van der Waals surface area contributed by atoms with E-state index in [9.17, 15) is 9.59 Å². The van der Waals surface area contributed by atoms with Crippen LogP contribution >= 0.6 is 11.3 Å². The number of thiazole rings is 1. The number of nitrogens with one attached hydrogen (secondary N) is 2. The summed E-state index contributed by atoms with van der Waals surface area (Å²) in [7, 11) is 1.54. The zero-order chi connectivity index (χ0) is 21.3. The molecule has 2 N–H and O–H groups in total. The number of amides is 1. The minimum atomic E-state index is -0.350. The molecular formula is C23H24N2O4S. The predicted molar refractivity (Wildman–Crippen MR) is 121 cm³/mol. The Balaban J connectivity index is 1.75. The van der Waals surface area contributed by atoms with Gasteiger partial charge in [0.15, 0.2) is 0 Å². The standard InChI is InChI=1S/C23H24N2O4S/c1-3-4-13-29-17-11-9-16(10-12-17)14-20-23(27)25-22(30-20)15-21(26)24-18-7-5-6-8-19(18)28-2/h5-12,14-15H,3-4,13H2,1-2H3,(H,24,26)(H,25,27). The minimum Gasteiger partial charge on any atom is -0.495 e. The van der Waals surface area contributed by atoms with E-state index < -0.39 is 0 Å². The first kappa shape index (κ1) is 21.4. The van der Waals surface area contributed by atoms with Crippen LogP contribution in [-0.2, 0) is 4.79 Å². The molecule has 156 valence electrons. The number of methoxy groups -OCH3 is 1. The third-order valence-electron chi connectivity index (χ3n) is 4.25. The van der Waals surface area contributed by atoms with Gasteiger partial charge in [-0.1, -0.05) is 37.6 Å². The fourth-order valence-corrected chi connectivity index (χ4v) is 3.59. The highest BCUT2D eigenvalue weighted by Gasteiger charge is 2.05. The van der Waals surface area contributed by atoms with Crippen LogP contribution in [0.5, 0.6) is 11.5 Å². The summed E-state index contributed by atoms with van der Waals surface area (Å²) in [5.41, 5.74) is 1.21. The van der Waals surface area contributed by atoms with Gasteiger partial charge in [0.05, 0.1) is 23.9 Å². The first-order chi connectivity index (χ1) is 14.6. The number of hydrogen-bond acceptors (Lipinski definition) is 5. The van der Waals surface area contributed by atoms with E-state index in [1.54, 1.807) is 24.3 Å². The third kappa shape index (κ3) is 5.84. The van der Waals surface area contributed by atoms with Crippen LogP contribution in [0.15, 0.2) is 53.3 Å². The number of carbonyl (C=O) groups excluding carboxylic acids is 1. The lowest BCUT2D eigenvalue weighted by Crippen LogP contribution is -2.20. The van der Waals surface area contributed by atoms with Gasteiger partial charge in [-0.25, -0.2) is 0 Å². The van der Waals surface area contributed by atoms with E-state index in [4.69, 9.17) is 9.47 Å². The number of para-hydroxylation sites is 2. The van der Waals surface area contributed by atoms with Gasteiger partial charge in [0.25, 0.3) is 11.5 Å². The summed E-state index contributed by atoms with van der Waals surface area (Å²) < 4.78 is 11.9. The van der Waals surface area contributed by atoms with Crippen LogP contribution in [0.1, 0.15) is 25.3 Å². The first-order valence-electron chi connectivity index (χ1n) is 9.68. The van der Waals surface area contributed by atoms with Gasteiger partial charge in [-0.3, -0.25) is 9.59 Å². The molecule has 0 fully saturated rings. The van der Waals surface area contributed by atoms with Gasteiger partial charge >= 0.3 is 0 Å². The highest BCUT2D eigenvalue weighted by Crippen LogP contribution is 2.22. The smallest absolute Gasteiger partial charge is 0.266 e. The molecule has 1 aromatic heterocycles. The highest BCUT2D eigenvalue weighted by atomic mass is 32.1. The van der Waals surface area contributed by atoms with Crippen molar-refractivity contribution in [3.8, 4) is 11.5 Å². The Morgan fingerprint density at radius 2 is 1.93 bits per heavy atom. The maximum absolute atomic E-state index is 12.3. The molecule has 0 atom stereocenters. The van der Waals surface area contributed by atoms with Gasteiger partial charge in [-0.15, -0.1) is 11.3 Å². The Morgan fingerprint density at radius 1 is 1.17 bits per heavy atom. The second kappa shape index (κ2) is 10.5. The summed E-state index contributed by atoms with van der Waals surface area (Å²) in [5, 5.41) is 2.76. The van der Waals surface area contributed by atoms with Gasteiger partial charge in [0.1, 0.15) is 16.2 Å². The largest absolute Gasteiger partial charge is 0.495 e. The molecular weight excluding hydrogens is 400 g/mol. The number of aromatic amines is 1. The molecule has 6 nitrogen and oxygen atoms in total. The number of benzene rings is 2. The molecule has 3 rings (SSSR count). The molecule has 0 saturated heterocycles. The number of unbranched alkanes of at least 4 members (excludes halogenated alkanes) is 1. The van der Waals surface area contributed by atoms with Crippen LogP contribution in [-0.4, -0.2) is 24.6 Å². The lowest BCUT2D eigenvalue weighted by Gasteiger charge is -2.07. The van der Waals surface area contributed by atoms with E-state index in [2.05, 4.69) is 17.2 Å². The number of aromatic nitrogens is 1. The molecule has 0 bridgehead atoms. The van der Waals surface area contributed by atoms with E-state index in [1.807, 2.05) is 30.3 Å². The molecule has 30 heavy (non-hydrogen) atoms. The van der Waals surface area contributed by atoms with Crippen molar-refractivity contribution in [2.24, 2.45) is 0 Å². The first-order valence-corrected chi connectivity index (χ1v) is 10.5. The summed E-state index contributed by atoms with van der Waals surface area (Å²) in [6.45, 7) is 2.81. The molecule has 7 heteroatoms. The predicted octanol–water partition coefficient (Wildman–Crippen LogP) is 2.87. The van der Waals surface area contributed by atoms with Crippen LogP contribution in [0.3, 0.4) is 0 Å². The molecule has 0 saturated carbocycles. The molecule has 0 radical (unpaired) electrons. The lowest BCUT2D eigenvalue weighted by atomic mass is 10.2. The second-order valence-electron chi connectivity index (χ2n) is 6.53. The van der Waals surface area contributed by atoms with Gasteiger partial charge in [-0.05, 0) is 42.3 Å². The van der Waals surface area contributed by atoms with Crippen molar-refractivity contribution in [3.05, 3.63) is 73.6 Å². The van der Waals surface area contributed by atoms with Crippen molar-refractivity contribution in [2.45, 2.75) is 19.8 Å². The molecule has 0 aliphatic heterocycles. The monoisotopic (exact) mass is 424 g/mol. The number of anilines is 1. The quantitative estimate of drug-likeness (QED) is 0.545. The van der Waals surface area contributed by atoms with Gasteiger partial charge in [0, 0.05) is 6.08 Å². The van der Waals surface area contributed by atoms with E-state index in [-0.39, 0.29) is 11.5 Å². The Hall–Kier alpha value is -3.32. The van der Waals surface area contributed by atoms with Crippen LogP contribution < -0.4 is 29.5 Å². The maximum atomic E-state index is 12.3. The van der Waals surface area contributed by atoms with Crippen molar-refractivity contribution in [1.29, 1.82) is 0 Å². The Bertz CT molecular complexity index is 1160.